The predicted molar refractivity (Wildman–Crippen MR) is 118 cm³/mol. The number of para-hydroxylation sites is 2. The molecule has 2 fully saturated rings. The lowest BCUT2D eigenvalue weighted by Gasteiger charge is -2.34. The van der Waals surface area contributed by atoms with Crippen molar-refractivity contribution >= 4 is 52.3 Å². The van der Waals surface area contributed by atoms with E-state index < -0.39 is 6.04 Å². The molecule has 0 radical (unpaired) electrons. The molecule has 7 nitrogen and oxygen atoms in total. The van der Waals surface area contributed by atoms with Crippen LogP contribution in [0.3, 0.4) is 0 Å². The number of nitrogens with zero attached hydrogens (tertiary/aromatic N) is 2. The Hall–Kier alpha value is -2.61. The number of rotatable bonds is 4. The van der Waals surface area contributed by atoms with Gasteiger partial charge in [0.25, 0.3) is 5.91 Å². The van der Waals surface area contributed by atoms with E-state index >= 15 is 0 Å². The summed E-state index contributed by atoms with van der Waals surface area (Å²) in [6.07, 6.45) is 1.21. The van der Waals surface area contributed by atoms with Crippen molar-refractivity contribution in [3.63, 3.8) is 0 Å². The van der Waals surface area contributed by atoms with Gasteiger partial charge < -0.3 is 10.4 Å². The van der Waals surface area contributed by atoms with Gasteiger partial charge in [-0.1, -0.05) is 35.3 Å². The van der Waals surface area contributed by atoms with Crippen molar-refractivity contribution in [1.29, 1.82) is 0 Å². The predicted octanol–water partition coefficient (Wildman–Crippen LogP) is 3.68. The number of phenols is 1. The van der Waals surface area contributed by atoms with E-state index in [9.17, 15) is 19.5 Å². The third-order valence-corrected chi connectivity index (χ3v) is 6.53. The van der Waals surface area contributed by atoms with Crippen LogP contribution < -0.4 is 10.2 Å². The zero-order chi connectivity index (χ0) is 22.1. The van der Waals surface area contributed by atoms with Crippen LogP contribution in [0.2, 0.25) is 10.0 Å². The number of nitrogens with one attached hydrogen (secondary N) is 1. The van der Waals surface area contributed by atoms with Crippen LogP contribution in [-0.4, -0.2) is 46.9 Å². The number of amides is 3. The van der Waals surface area contributed by atoms with E-state index in [1.165, 1.54) is 12.1 Å². The number of likely N-dealkylation sites (tertiary alicyclic amines) is 1. The lowest BCUT2D eigenvalue weighted by molar-refractivity contribution is -0.123. The average molecular weight is 462 g/mol. The first kappa shape index (κ1) is 21.6. The number of carbonyl (C=O) groups excluding carboxylic acids is 3. The molecule has 2 N–H and O–H groups in total. The Bertz CT molecular complexity index is 1040. The Morgan fingerprint density at radius 2 is 1.74 bits per heavy atom. The van der Waals surface area contributed by atoms with Gasteiger partial charge in [-0.15, -0.1) is 0 Å². The molecule has 0 saturated carbocycles. The normalized spacial score (nSPS) is 20.3. The monoisotopic (exact) mass is 461 g/mol. The number of phenolic OH excluding ortho intramolecular Hbond substituents is 1. The van der Waals surface area contributed by atoms with E-state index in [4.69, 9.17) is 23.2 Å². The van der Waals surface area contributed by atoms with E-state index in [2.05, 4.69) is 5.32 Å². The summed E-state index contributed by atoms with van der Waals surface area (Å²) in [5.74, 6) is -0.944. The quantitative estimate of drug-likeness (QED) is 0.535. The first-order chi connectivity index (χ1) is 14.8. The van der Waals surface area contributed by atoms with Crippen LogP contribution >= 0.6 is 23.2 Å². The number of carbonyl (C=O) groups is 3. The minimum Gasteiger partial charge on any atom is -0.506 e. The van der Waals surface area contributed by atoms with Gasteiger partial charge in [-0.2, -0.15) is 0 Å². The summed E-state index contributed by atoms with van der Waals surface area (Å²) in [7, 11) is 0. The molecule has 0 unspecified atom stereocenters. The van der Waals surface area contributed by atoms with E-state index in [-0.39, 0.29) is 40.8 Å². The highest BCUT2D eigenvalue weighted by atomic mass is 35.5. The van der Waals surface area contributed by atoms with Gasteiger partial charge in [-0.3, -0.25) is 19.3 Å². The standard InChI is InChI=1S/C22H21Cl2N3O4/c23-15-6-5-14(11-16(15)24)27-20(29)12-18(22(27)31)26-9-7-13(8-10-26)21(30)25-17-3-1-2-4-19(17)28/h1-6,11,13,18,28H,7-10,12H2,(H,25,30)/t18-/m0/s1. The number of aromatic hydroxyl groups is 1. The van der Waals surface area contributed by atoms with Crippen LogP contribution in [0.1, 0.15) is 19.3 Å². The molecule has 3 amide bonds. The molecule has 0 spiro atoms. The molecular formula is C22H21Cl2N3O4. The summed E-state index contributed by atoms with van der Waals surface area (Å²) in [6, 6.07) is 10.7. The summed E-state index contributed by atoms with van der Waals surface area (Å²) >= 11 is 12.0. The summed E-state index contributed by atoms with van der Waals surface area (Å²) in [6.45, 7) is 1.05. The molecule has 0 bridgehead atoms. The van der Waals surface area contributed by atoms with E-state index in [0.717, 1.165) is 4.90 Å². The third-order valence-electron chi connectivity index (χ3n) is 5.79. The molecule has 9 heteroatoms. The fourth-order valence-electron chi connectivity index (χ4n) is 4.08. The first-order valence-corrected chi connectivity index (χ1v) is 10.8. The smallest absolute Gasteiger partial charge is 0.251 e. The molecule has 2 heterocycles. The summed E-state index contributed by atoms with van der Waals surface area (Å²) in [5.41, 5.74) is 0.785. The lowest BCUT2D eigenvalue weighted by Crippen LogP contribution is -2.47. The number of piperidine rings is 1. The Balaban J connectivity index is 1.38. The molecule has 31 heavy (non-hydrogen) atoms. The van der Waals surface area contributed by atoms with Gasteiger partial charge >= 0.3 is 0 Å². The van der Waals surface area contributed by atoms with Crippen molar-refractivity contribution < 1.29 is 19.5 Å². The topological polar surface area (TPSA) is 89.9 Å². The number of benzene rings is 2. The van der Waals surface area contributed by atoms with Gasteiger partial charge in [0.15, 0.2) is 0 Å². The van der Waals surface area contributed by atoms with Gasteiger partial charge in [-0.25, -0.2) is 4.90 Å². The highest BCUT2D eigenvalue weighted by molar-refractivity contribution is 6.42. The van der Waals surface area contributed by atoms with Crippen LogP contribution in [0.5, 0.6) is 5.75 Å². The second-order valence-corrected chi connectivity index (χ2v) is 8.52. The van der Waals surface area contributed by atoms with Gasteiger partial charge in [-0.05, 0) is 56.3 Å². The molecule has 2 saturated heterocycles. The van der Waals surface area contributed by atoms with Crippen LogP contribution in [0.4, 0.5) is 11.4 Å². The fourth-order valence-corrected chi connectivity index (χ4v) is 4.38. The Labute approximate surface area is 189 Å². The molecule has 0 aliphatic carbocycles. The molecule has 0 aromatic heterocycles. The minimum absolute atomic E-state index is 0.0192. The van der Waals surface area contributed by atoms with Gasteiger partial charge in [0.05, 0.1) is 33.9 Å². The molecule has 1 atom stereocenters. The highest BCUT2D eigenvalue weighted by Gasteiger charge is 2.44. The van der Waals surface area contributed by atoms with Crippen molar-refractivity contribution in [1.82, 2.24) is 4.90 Å². The van der Waals surface area contributed by atoms with Crippen molar-refractivity contribution in [3.8, 4) is 5.75 Å². The van der Waals surface area contributed by atoms with E-state index in [1.54, 1.807) is 30.3 Å². The number of halogens is 2. The highest BCUT2D eigenvalue weighted by Crippen LogP contribution is 2.33. The van der Waals surface area contributed by atoms with Crippen molar-refractivity contribution in [2.24, 2.45) is 5.92 Å². The Morgan fingerprint density at radius 1 is 1.03 bits per heavy atom. The van der Waals surface area contributed by atoms with Crippen molar-refractivity contribution in [2.75, 3.05) is 23.3 Å². The molecule has 2 aromatic rings. The Morgan fingerprint density at radius 3 is 2.42 bits per heavy atom. The molecular weight excluding hydrogens is 441 g/mol. The van der Waals surface area contributed by atoms with Crippen LogP contribution in [0, 0.1) is 5.92 Å². The minimum atomic E-state index is -0.552. The largest absolute Gasteiger partial charge is 0.506 e. The molecule has 162 valence electrons. The van der Waals surface area contributed by atoms with Crippen LogP contribution in [0.25, 0.3) is 0 Å². The van der Waals surface area contributed by atoms with Gasteiger partial charge in [0.2, 0.25) is 11.8 Å². The molecule has 2 aliphatic heterocycles. The third kappa shape index (κ3) is 4.39. The van der Waals surface area contributed by atoms with Crippen molar-refractivity contribution in [2.45, 2.75) is 25.3 Å². The average Bonchev–Trinajstić information content (AvgIpc) is 3.06. The lowest BCUT2D eigenvalue weighted by atomic mass is 9.94. The number of anilines is 2. The Kier molecular flexibility index (Phi) is 6.18. The summed E-state index contributed by atoms with van der Waals surface area (Å²) in [4.78, 5) is 41.2. The summed E-state index contributed by atoms with van der Waals surface area (Å²) in [5, 5.41) is 13.2. The second-order valence-electron chi connectivity index (χ2n) is 7.70. The summed E-state index contributed by atoms with van der Waals surface area (Å²) < 4.78 is 0. The first-order valence-electron chi connectivity index (χ1n) is 10.00. The zero-order valence-electron chi connectivity index (χ0n) is 16.6. The maximum atomic E-state index is 13.0. The fraction of sp³-hybridized carbons (Fsp3) is 0.318. The van der Waals surface area contributed by atoms with Gasteiger partial charge in [0.1, 0.15) is 5.75 Å². The van der Waals surface area contributed by atoms with Crippen LogP contribution in [-0.2, 0) is 14.4 Å². The molecule has 2 aliphatic rings. The molecule has 2 aromatic carbocycles. The zero-order valence-corrected chi connectivity index (χ0v) is 18.1. The maximum absolute atomic E-state index is 13.0. The molecule has 4 rings (SSSR count). The van der Waals surface area contributed by atoms with E-state index in [1.807, 2.05) is 4.90 Å². The van der Waals surface area contributed by atoms with E-state index in [0.29, 0.717) is 42.3 Å². The second kappa shape index (κ2) is 8.86. The number of hydrogen-bond donors (Lipinski definition) is 2. The SMILES string of the molecule is O=C(Nc1ccccc1O)C1CCN([C@H]2CC(=O)N(c3ccc(Cl)c(Cl)c3)C2=O)CC1. The van der Waals surface area contributed by atoms with Crippen LogP contribution in [0.15, 0.2) is 42.5 Å². The maximum Gasteiger partial charge on any atom is 0.251 e. The van der Waals surface area contributed by atoms with Crippen molar-refractivity contribution in [3.05, 3.63) is 52.5 Å². The number of hydrogen-bond acceptors (Lipinski definition) is 5. The van der Waals surface area contributed by atoms with Gasteiger partial charge in [0, 0.05) is 5.92 Å². The number of imide groups is 1.